The second-order valence-electron chi connectivity index (χ2n) is 3.80. The summed E-state index contributed by atoms with van der Waals surface area (Å²) in [4.78, 5) is 16.1. The molecule has 0 saturated heterocycles. The highest BCUT2D eigenvalue weighted by atomic mass is 79.9. The van der Waals surface area contributed by atoms with Gasteiger partial charge in [0.05, 0.1) is 5.69 Å². The van der Waals surface area contributed by atoms with E-state index in [0.717, 1.165) is 0 Å². The zero-order chi connectivity index (χ0) is 13.1. The number of nitrogens with one attached hydrogen (secondary N) is 1. The van der Waals surface area contributed by atoms with Gasteiger partial charge in [0.15, 0.2) is 0 Å². The molecule has 0 saturated carbocycles. The smallest absolute Gasteiger partial charge is 0.256 e. The summed E-state index contributed by atoms with van der Waals surface area (Å²) in [6.07, 6.45) is 1.63. The Hall–Kier alpha value is -1.88. The van der Waals surface area contributed by atoms with Gasteiger partial charge in [0.1, 0.15) is 10.4 Å². The highest BCUT2D eigenvalue weighted by Gasteiger charge is 2.11. The molecule has 5 heteroatoms. The van der Waals surface area contributed by atoms with Crippen molar-refractivity contribution in [1.29, 1.82) is 0 Å². The Kier molecular flexibility index (Phi) is 3.62. The van der Waals surface area contributed by atoms with Gasteiger partial charge in [-0.15, -0.1) is 0 Å². The first kappa shape index (κ1) is 12.6. The summed E-state index contributed by atoms with van der Waals surface area (Å²) in [5.41, 5.74) is 1.84. The van der Waals surface area contributed by atoms with Gasteiger partial charge >= 0.3 is 0 Å². The number of nitrogens with zero attached hydrogens (tertiary/aromatic N) is 1. The van der Waals surface area contributed by atoms with Crippen LogP contribution in [0.15, 0.2) is 41.1 Å². The molecular formula is C13H11BrN2O2. The van der Waals surface area contributed by atoms with E-state index in [4.69, 9.17) is 0 Å². The maximum atomic E-state index is 12.1. The average molecular weight is 307 g/mol. The lowest BCUT2D eigenvalue weighted by atomic mass is 10.1. The van der Waals surface area contributed by atoms with Crippen molar-refractivity contribution >= 4 is 27.5 Å². The minimum atomic E-state index is -0.235. The first-order chi connectivity index (χ1) is 8.58. The monoisotopic (exact) mass is 306 g/mol. The van der Waals surface area contributed by atoms with E-state index in [-0.39, 0.29) is 11.7 Å². The van der Waals surface area contributed by atoms with Crippen molar-refractivity contribution in [3.05, 3.63) is 52.3 Å². The van der Waals surface area contributed by atoms with E-state index in [1.54, 1.807) is 37.4 Å². The van der Waals surface area contributed by atoms with Gasteiger partial charge in [0.2, 0.25) is 0 Å². The van der Waals surface area contributed by atoms with Gasteiger partial charge in [-0.2, -0.15) is 0 Å². The molecule has 0 atom stereocenters. The van der Waals surface area contributed by atoms with Crippen molar-refractivity contribution in [2.75, 3.05) is 5.32 Å². The molecule has 0 radical (unpaired) electrons. The summed E-state index contributed by atoms with van der Waals surface area (Å²) in [6.45, 7) is 1.77. The molecule has 0 aliphatic heterocycles. The van der Waals surface area contributed by atoms with Crippen molar-refractivity contribution in [1.82, 2.24) is 4.98 Å². The number of aryl methyl sites for hydroxylation is 1. The Labute approximate surface area is 113 Å². The molecule has 0 aliphatic rings. The molecular weight excluding hydrogens is 296 g/mol. The van der Waals surface area contributed by atoms with Crippen LogP contribution in [0.2, 0.25) is 0 Å². The van der Waals surface area contributed by atoms with Crippen LogP contribution in [0.4, 0.5) is 5.69 Å². The largest absolute Gasteiger partial charge is 0.508 e. The number of aromatic nitrogens is 1. The number of phenols is 1. The molecule has 0 aliphatic carbocycles. The van der Waals surface area contributed by atoms with Gasteiger partial charge in [-0.05, 0) is 58.7 Å². The average Bonchev–Trinajstić information content (AvgIpc) is 2.32. The molecule has 0 fully saturated rings. The molecule has 92 valence electrons. The molecule has 2 aromatic rings. The molecule has 0 unspecified atom stereocenters. The van der Waals surface area contributed by atoms with Crippen molar-refractivity contribution < 1.29 is 9.90 Å². The Morgan fingerprint density at radius 2 is 2.17 bits per heavy atom. The summed E-state index contributed by atoms with van der Waals surface area (Å²) >= 11 is 3.26. The molecule has 1 aromatic heterocycles. The molecule has 1 heterocycles. The minimum absolute atomic E-state index is 0.145. The van der Waals surface area contributed by atoms with Gasteiger partial charge in [0, 0.05) is 11.8 Å². The number of amides is 1. The number of anilines is 1. The fourth-order valence-corrected chi connectivity index (χ4v) is 1.92. The van der Waals surface area contributed by atoms with Crippen LogP contribution in [-0.2, 0) is 0 Å². The third kappa shape index (κ3) is 2.68. The predicted octanol–water partition coefficient (Wildman–Crippen LogP) is 3.11. The highest BCUT2D eigenvalue weighted by molar-refractivity contribution is 9.10. The lowest BCUT2D eigenvalue weighted by molar-refractivity contribution is 0.102. The van der Waals surface area contributed by atoms with Gasteiger partial charge in [-0.25, -0.2) is 4.98 Å². The lowest BCUT2D eigenvalue weighted by Gasteiger charge is -2.08. The SMILES string of the molecule is Cc1cc(O)ccc1C(=O)Nc1cccnc1Br. The van der Waals surface area contributed by atoms with E-state index in [9.17, 15) is 9.90 Å². The van der Waals surface area contributed by atoms with Crippen LogP contribution < -0.4 is 5.32 Å². The third-order valence-electron chi connectivity index (χ3n) is 2.46. The number of hydrogen-bond donors (Lipinski definition) is 2. The summed E-state index contributed by atoms with van der Waals surface area (Å²) in [5, 5.41) is 12.1. The van der Waals surface area contributed by atoms with Gasteiger partial charge in [0.25, 0.3) is 5.91 Å². The fraction of sp³-hybridized carbons (Fsp3) is 0.0769. The van der Waals surface area contributed by atoms with Crippen LogP contribution in [0.3, 0.4) is 0 Å². The van der Waals surface area contributed by atoms with Crippen LogP contribution in [0.1, 0.15) is 15.9 Å². The topological polar surface area (TPSA) is 62.2 Å². The minimum Gasteiger partial charge on any atom is -0.508 e. The molecule has 1 amide bonds. The summed E-state index contributed by atoms with van der Waals surface area (Å²) in [5.74, 6) is -0.0900. The molecule has 0 spiro atoms. The molecule has 2 N–H and O–H groups in total. The second-order valence-corrected chi connectivity index (χ2v) is 4.55. The van der Waals surface area contributed by atoms with E-state index < -0.39 is 0 Å². The number of halogens is 1. The quantitative estimate of drug-likeness (QED) is 0.838. The first-order valence-corrected chi connectivity index (χ1v) is 6.08. The predicted molar refractivity (Wildman–Crippen MR) is 72.7 cm³/mol. The standard InChI is InChI=1S/C13H11BrN2O2/c1-8-7-9(17)4-5-10(8)13(18)16-11-3-2-6-15-12(11)14/h2-7,17H,1H3,(H,16,18). The Morgan fingerprint density at radius 1 is 1.39 bits per heavy atom. The first-order valence-electron chi connectivity index (χ1n) is 5.29. The molecule has 18 heavy (non-hydrogen) atoms. The lowest BCUT2D eigenvalue weighted by Crippen LogP contribution is -2.13. The van der Waals surface area contributed by atoms with E-state index in [2.05, 4.69) is 26.2 Å². The van der Waals surface area contributed by atoms with E-state index in [1.165, 1.54) is 6.07 Å². The molecule has 1 aromatic carbocycles. The molecule has 2 rings (SSSR count). The Morgan fingerprint density at radius 3 is 2.83 bits per heavy atom. The number of pyridine rings is 1. The number of carbonyl (C=O) groups excluding carboxylic acids is 1. The normalized spacial score (nSPS) is 10.1. The maximum absolute atomic E-state index is 12.1. The summed E-state index contributed by atoms with van der Waals surface area (Å²) in [7, 11) is 0. The number of rotatable bonds is 2. The summed E-state index contributed by atoms with van der Waals surface area (Å²) < 4.78 is 0.579. The van der Waals surface area contributed by atoms with Crippen molar-refractivity contribution in [2.45, 2.75) is 6.92 Å². The zero-order valence-corrected chi connectivity index (χ0v) is 11.2. The van der Waals surface area contributed by atoms with Crippen LogP contribution in [0.5, 0.6) is 5.75 Å². The molecule has 0 bridgehead atoms. The van der Waals surface area contributed by atoms with Gasteiger partial charge in [-0.3, -0.25) is 4.79 Å². The number of carbonyl (C=O) groups is 1. The third-order valence-corrected chi connectivity index (χ3v) is 3.09. The number of phenolic OH excluding ortho intramolecular Hbond substituents is 1. The summed E-state index contributed by atoms with van der Waals surface area (Å²) in [6, 6.07) is 8.12. The Bertz CT molecular complexity index is 599. The number of aromatic hydroxyl groups is 1. The zero-order valence-electron chi connectivity index (χ0n) is 9.64. The second kappa shape index (κ2) is 5.18. The number of benzene rings is 1. The Balaban J connectivity index is 2.25. The highest BCUT2D eigenvalue weighted by Crippen LogP contribution is 2.21. The van der Waals surface area contributed by atoms with Crippen LogP contribution >= 0.6 is 15.9 Å². The van der Waals surface area contributed by atoms with E-state index in [0.29, 0.717) is 21.4 Å². The van der Waals surface area contributed by atoms with Gasteiger partial charge < -0.3 is 10.4 Å². The van der Waals surface area contributed by atoms with E-state index >= 15 is 0 Å². The van der Waals surface area contributed by atoms with Crippen LogP contribution in [-0.4, -0.2) is 16.0 Å². The van der Waals surface area contributed by atoms with Gasteiger partial charge in [-0.1, -0.05) is 0 Å². The van der Waals surface area contributed by atoms with Crippen molar-refractivity contribution in [2.24, 2.45) is 0 Å². The van der Waals surface area contributed by atoms with Crippen LogP contribution in [0.25, 0.3) is 0 Å². The van der Waals surface area contributed by atoms with Crippen molar-refractivity contribution in [3.8, 4) is 5.75 Å². The van der Waals surface area contributed by atoms with Crippen LogP contribution in [0, 0.1) is 6.92 Å². The maximum Gasteiger partial charge on any atom is 0.256 e. The van der Waals surface area contributed by atoms with E-state index in [1.807, 2.05) is 0 Å². The fourth-order valence-electron chi connectivity index (χ4n) is 1.57. The molecule has 4 nitrogen and oxygen atoms in total. The number of hydrogen-bond acceptors (Lipinski definition) is 3. The van der Waals surface area contributed by atoms with Crippen molar-refractivity contribution in [3.63, 3.8) is 0 Å².